The average molecular weight is 404 g/mol. The molecule has 1 saturated heterocycles. The number of thioether (sulfide) groups is 1. The molecule has 0 unspecified atom stereocenters. The van der Waals surface area contributed by atoms with E-state index in [0.717, 1.165) is 16.8 Å². The number of para-hydroxylation sites is 1. The van der Waals surface area contributed by atoms with Crippen LogP contribution in [0.15, 0.2) is 91.0 Å². The van der Waals surface area contributed by atoms with Crippen LogP contribution in [0, 0.1) is 0 Å². The van der Waals surface area contributed by atoms with Crippen molar-refractivity contribution in [3.05, 3.63) is 102 Å². The van der Waals surface area contributed by atoms with E-state index in [9.17, 15) is 9.59 Å². The fourth-order valence-corrected chi connectivity index (χ4v) is 5.31. The summed E-state index contributed by atoms with van der Waals surface area (Å²) in [7, 11) is 1.40. The number of hydrogen-bond acceptors (Lipinski definition) is 4. The van der Waals surface area contributed by atoms with E-state index in [1.54, 1.807) is 4.90 Å². The van der Waals surface area contributed by atoms with E-state index in [4.69, 9.17) is 4.74 Å². The zero-order valence-electron chi connectivity index (χ0n) is 16.0. The third-order valence-corrected chi connectivity index (χ3v) is 6.65. The Labute approximate surface area is 174 Å². The molecule has 0 saturated carbocycles. The minimum Gasteiger partial charge on any atom is -0.468 e. The molecule has 1 heterocycles. The first-order valence-electron chi connectivity index (χ1n) is 9.38. The zero-order chi connectivity index (χ0) is 20.3. The monoisotopic (exact) mass is 403 g/mol. The summed E-state index contributed by atoms with van der Waals surface area (Å²) < 4.78 is 4.24. The summed E-state index contributed by atoms with van der Waals surface area (Å²) in [6, 6.07) is 28.2. The van der Waals surface area contributed by atoms with Gasteiger partial charge in [0.05, 0.1) is 18.9 Å². The first-order valence-corrected chi connectivity index (χ1v) is 10.4. The van der Waals surface area contributed by atoms with Gasteiger partial charge in [-0.3, -0.25) is 9.59 Å². The van der Waals surface area contributed by atoms with Crippen molar-refractivity contribution in [2.24, 2.45) is 0 Å². The second-order valence-corrected chi connectivity index (χ2v) is 8.02. The van der Waals surface area contributed by atoms with E-state index in [-0.39, 0.29) is 17.6 Å². The molecule has 3 aromatic carbocycles. The highest BCUT2D eigenvalue weighted by Gasteiger charge is 2.56. The lowest BCUT2D eigenvalue weighted by molar-refractivity contribution is -0.144. The number of carbonyl (C=O) groups is 2. The number of esters is 1. The van der Waals surface area contributed by atoms with Gasteiger partial charge >= 0.3 is 5.97 Å². The maximum absolute atomic E-state index is 13.4. The number of carbonyl (C=O) groups excluding carboxylic acids is 2. The molecule has 0 bridgehead atoms. The van der Waals surface area contributed by atoms with Gasteiger partial charge in [0, 0.05) is 5.69 Å². The summed E-state index contributed by atoms with van der Waals surface area (Å²) >= 11 is 1.34. The number of nitrogens with zero attached hydrogens (tertiary/aromatic N) is 1. The summed E-state index contributed by atoms with van der Waals surface area (Å²) in [6.07, 6.45) is 0. The first-order chi connectivity index (χ1) is 14.2. The van der Waals surface area contributed by atoms with Crippen molar-refractivity contribution in [2.45, 2.75) is 10.8 Å². The van der Waals surface area contributed by atoms with Gasteiger partial charge in [0.15, 0.2) is 4.75 Å². The highest BCUT2D eigenvalue weighted by molar-refractivity contribution is 8.01. The van der Waals surface area contributed by atoms with Crippen molar-refractivity contribution in [2.75, 3.05) is 17.8 Å². The molecule has 0 radical (unpaired) electrons. The number of ether oxygens (including phenoxy) is 1. The summed E-state index contributed by atoms with van der Waals surface area (Å²) in [5.74, 6) is -0.219. The van der Waals surface area contributed by atoms with Crippen LogP contribution in [0.5, 0.6) is 0 Å². The van der Waals surface area contributed by atoms with E-state index >= 15 is 0 Å². The van der Waals surface area contributed by atoms with Gasteiger partial charge in [-0.25, -0.2) is 0 Å². The highest BCUT2D eigenvalue weighted by Crippen LogP contribution is 2.54. The van der Waals surface area contributed by atoms with Gasteiger partial charge in [0.1, 0.15) is 0 Å². The number of amides is 1. The first kappa shape index (κ1) is 19.3. The summed E-state index contributed by atoms with van der Waals surface area (Å²) in [5, 5.41) is 0. The largest absolute Gasteiger partial charge is 0.468 e. The van der Waals surface area contributed by atoms with Crippen LogP contribution in [0.2, 0.25) is 0 Å². The molecule has 1 aliphatic heterocycles. The Morgan fingerprint density at radius 3 is 2.07 bits per heavy atom. The molecule has 2 atom stereocenters. The number of benzene rings is 3. The lowest BCUT2D eigenvalue weighted by atomic mass is 9.84. The van der Waals surface area contributed by atoms with Crippen LogP contribution in [0.1, 0.15) is 17.2 Å². The third kappa shape index (κ3) is 3.32. The lowest BCUT2D eigenvalue weighted by Crippen LogP contribution is -2.54. The number of anilines is 1. The standard InChI is InChI=1S/C24H21NO3S/c1-28-23(27)24(19-13-7-3-8-14-19)22(18-11-5-2-6-12-18)25(21(26)17-29-24)20-15-9-4-10-16-20/h2-16,22H,17H2,1H3/t22-,24+/m1/s1. The van der Waals surface area contributed by atoms with Gasteiger partial charge < -0.3 is 9.64 Å². The molecular formula is C24H21NO3S. The molecule has 0 aromatic heterocycles. The molecule has 29 heavy (non-hydrogen) atoms. The van der Waals surface area contributed by atoms with E-state index < -0.39 is 10.8 Å². The zero-order valence-corrected chi connectivity index (χ0v) is 16.8. The molecule has 146 valence electrons. The summed E-state index contributed by atoms with van der Waals surface area (Å²) in [6.45, 7) is 0. The molecule has 4 nitrogen and oxygen atoms in total. The molecule has 1 aliphatic rings. The van der Waals surface area contributed by atoms with Crippen LogP contribution in [0.3, 0.4) is 0 Å². The van der Waals surface area contributed by atoms with Gasteiger partial charge in [0.25, 0.3) is 0 Å². The Morgan fingerprint density at radius 1 is 0.931 bits per heavy atom. The number of methoxy groups -OCH3 is 1. The van der Waals surface area contributed by atoms with Crippen LogP contribution in [-0.2, 0) is 19.1 Å². The van der Waals surface area contributed by atoms with Crippen molar-refractivity contribution >= 4 is 29.3 Å². The SMILES string of the molecule is COC(=O)[C@@]1(c2ccccc2)SCC(=O)N(c2ccccc2)[C@@H]1c1ccccc1. The minimum atomic E-state index is -1.08. The molecule has 3 aromatic rings. The van der Waals surface area contributed by atoms with E-state index in [1.807, 2.05) is 91.0 Å². The normalized spacial score (nSPS) is 21.6. The summed E-state index contributed by atoms with van der Waals surface area (Å²) in [5.41, 5.74) is 2.46. The van der Waals surface area contributed by atoms with Gasteiger partial charge in [-0.15, -0.1) is 11.8 Å². The molecule has 0 N–H and O–H groups in total. The van der Waals surface area contributed by atoms with Crippen LogP contribution in [0.4, 0.5) is 5.69 Å². The predicted octanol–water partition coefficient (Wildman–Crippen LogP) is 4.58. The maximum Gasteiger partial charge on any atom is 0.329 e. The quantitative estimate of drug-likeness (QED) is 0.599. The van der Waals surface area contributed by atoms with Crippen molar-refractivity contribution in [3.63, 3.8) is 0 Å². The van der Waals surface area contributed by atoms with Crippen LogP contribution >= 0.6 is 11.8 Å². The molecule has 5 heteroatoms. The van der Waals surface area contributed by atoms with Crippen molar-refractivity contribution in [3.8, 4) is 0 Å². The van der Waals surface area contributed by atoms with Gasteiger partial charge in [0.2, 0.25) is 5.91 Å². The van der Waals surface area contributed by atoms with E-state index in [0.29, 0.717) is 0 Å². The molecule has 4 rings (SSSR count). The Hall–Kier alpha value is -3.05. The van der Waals surface area contributed by atoms with Crippen molar-refractivity contribution < 1.29 is 14.3 Å². The molecular weight excluding hydrogens is 382 g/mol. The topological polar surface area (TPSA) is 46.6 Å². The number of hydrogen-bond donors (Lipinski definition) is 0. The van der Waals surface area contributed by atoms with Crippen molar-refractivity contribution in [1.82, 2.24) is 0 Å². The molecule has 1 fully saturated rings. The van der Waals surface area contributed by atoms with Crippen LogP contribution < -0.4 is 4.90 Å². The molecule has 1 amide bonds. The lowest BCUT2D eigenvalue weighted by Gasteiger charge is -2.47. The Bertz CT molecular complexity index is 994. The smallest absolute Gasteiger partial charge is 0.329 e. The third-order valence-electron chi connectivity index (χ3n) is 5.18. The second kappa shape index (κ2) is 8.13. The Morgan fingerprint density at radius 2 is 1.48 bits per heavy atom. The van der Waals surface area contributed by atoms with Crippen LogP contribution in [0.25, 0.3) is 0 Å². The van der Waals surface area contributed by atoms with Crippen molar-refractivity contribution in [1.29, 1.82) is 0 Å². The fraction of sp³-hybridized carbons (Fsp3) is 0.167. The van der Waals surface area contributed by atoms with Gasteiger partial charge in [-0.1, -0.05) is 78.9 Å². The molecule has 0 spiro atoms. The minimum absolute atomic E-state index is 0.0366. The highest BCUT2D eigenvalue weighted by atomic mass is 32.2. The van der Waals surface area contributed by atoms with E-state index in [1.165, 1.54) is 18.9 Å². The van der Waals surface area contributed by atoms with E-state index in [2.05, 4.69) is 0 Å². The number of rotatable bonds is 4. The molecule has 0 aliphatic carbocycles. The maximum atomic E-state index is 13.4. The Balaban J connectivity index is 2.00. The summed E-state index contributed by atoms with van der Waals surface area (Å²) in [4.78, 5) is 28.3. The van der Waals surface area contributed by atoms with Gasteiger partial charge in [-0.2, -0.15) is 0 Å². The fourth-order valence-electron chi connectivity index (χ4n) is 3.92. The van der Waals surface area contributed by atoms with Crippen LogP contribution in [-0.4, -0.2) is 24.7 Å². The Kier molecular flexibility index (Phi) is 5.41. The second-order valence-electron chi connectivity index (χ2n) is 6.79. The predicted molar refractivity (Wildman–Crippen MR) is 116 cm³/mol. The van der Waals surface area contributed by atoms with Gasteiger partial charge in [-0.05, 0) is 23.3 Å². The average Bonchev–Trinajstić information content (AvgIpc) is 2.80.